The molecule has 1 fully saturated rings. The molecule has 1 rings (SSSR count). The lowest BCUT2D eigenvalue weighted by Crippen LogP contribution is -2.38. The zero-order valence-corrected chi connectivity index (χ0v) is 9.94. The summed E-state index contributed by atoms with van der Waals surface area (Å²) in [7, 11) is 3.87. The summed E-state index contributed by atoms with van der Waals surface area (Å²) >= 11 is -0.110. The highest BCUT2D eigenvalue weighted by molar-refractivity contribution is 8.13. The maximum atomic E-state index is 14.1. The molecule has 80 valence electrons. The lowest BCUT2D eigenvalue weighted by atomic mass is 10.1. The number of alkyl halides is 1. The Balaban J connectivity index is 2.46. The highest BCUT2D eigenvalue weighted by Gasteiger charge is 2.38. The van der Waals surface area contributed by atoms with E-state index < -0.39 is 5.67 Å². The first-order chi connectivity index (χ1) is 5.93. The van der Waals surface area contributed by atoms with Crippen molar-refractivity contribution < 1.29 is 4.39 Å². The molecule has 1 aliphatic heterocycles. The molecule has 0 saturated carbocycles. The minimum absolute atomic E-state index is 0.110. The van der Waals surface area contributed by atoms with Gasteiger partial charge in [0.25, 0.3) is 0 Å². The average Bonchev–Trinajstić information content (AvgIpc) is 2.29. The molecule has 1 unspecified atom stereocenters. The van der Waals surface area contributed by atoms with E-state index in [4.69, 9.17) is 0 Å². The van der Waals surface area contributed by atoms with Crippen LogP contribution < -0.4 is 0 Å². The fourth-order valence-electron chi connectivity index (χ4n) is 1.85. The molecule has 0 N–H and O–H groups in total. The van der Waals surface area contributed by atoms with Crippen LogP contribution in [-0.4, -0.2) is 61.1 Å². The van der Waals surface area contributed by atoms with E-state index in [0.717, 1.165) is 6.54 Å². The van der Waals surface area contributed by atoms with Gasteiger partial charge in [-0.3, -0.25) is 4.31 Å². The summed E-state index contributed by atoms with van der Waals surface area (Å²) in [5.74, 6) is 0. The monoisotopic (exact) mass is 208 g/mol. The molecule has 13 heavy (non-hydrogen) atoms. The highest BCUT2D eigenvalue weighted by Crippen LogP contribution is 2.34. The molecule has 4 heteroatoms. The van der Waals surface area contributed by atoms with Crippen molar-refractivity contribution in [2.45, 2.75) is 12.1 Å². The molecule has 0 amide bonds. The van der Waals surface area contributed by atoms with Crippen LogP contribution in [0.3, 0.4) is 0 Å². The Bertz CT molecular complexity index is 175. The molecule has 1 aliphatic rings. The second-order valence-corrected chi connectivity index (χ2v) is 6.63. The summed E-state index contributed by atoms with van der Waals surface area (Å²) < 4.78 is 16.4. The normalized spacial score (nSPS) is 31.4. The first-order valence-electron chi connectivity index (χ1n) is 4.69. The molecular formula is C9H21FN2S. The van der Waals surface area contributed by atoms with Gasteiger partial charge in [0.1, 0.15) is 5.67 Å². The summed E-state index contributed by atoms with van der Waals surface area (Å²) in [5.41, 5.74) is -0.962. The minimum Gasteiger partial charge on any atom is -0.306 e. The fraction of sp³-hybridized carbons (Fsp3) is 1.00. The van der Waals surface area contributed by atoms with E-state index in [1.807, 2.05) is 19.0 Å². The second kappa shape index (κ2) is 4.15. The van der Waals surface area contributed by atoms with Gasteiger partial charge < -0.3 is 4.90 Å². The van der Waals surface area contributed by atoms with Crippen LogP contribution in [0.15, 0.2) is 0 Å². The highest BCUT2D eigenvalue weighted by atomic mass is 32.2. The Morgan fingerprint density at radius 3 is 2.46 bits per heavy atom. The predicted molar refractivity (Wildman–Crippen MR) is 59.4 cm³/mol. The summed E-state index contributed by atoms with van der Waals surface area (Å²) in [6.45, 7) is 2.12. The second-order valence-electron chi connectivity index (χ2n) is 4.37. The molecule has 0 aromatic rings. The van der Waals surface area contributed by atoms with Gasteiger partial charge in [0, 0.05) is 19.6 Å². The number of thiol groups is 1. The summed E-state index contributed by atoms with van der Waals surface area (Å²) in [5, 5.41) is 0. The Morgan fingerprint density at radius 2 is 2.08 bits per heavy atom. The van der Waals surface area contributed by atoms with Crippen molar-refractivity contribution in [2.24, 2.45) is 0 Å². The minimum atomic E-state index is -0.962. The van der Waals surface area contributed by atoms with Crippen molar-refractivity contribution in [2.75, 3.05) is 46.2 Å². The predicted octanol–water partition coefficient (Wildman–Crippen LogP) is 1.14. The zero-order valence-electron chi connectivity index (χ0n) is 9.05. The quantitative estimate of drug-likeness (QED) is 0.695. The van der Waals surface area contributed by atoms with Gasteiger partial charge in [0.15, 0.2) is 0 Å². The number of rotatable bonds is 3. The lowest BCUT2D eigenvalue weighted by Gasteiger charge is -2.27. The Labute approximate surface area is 83.6 Å². The summed E-state index contributed by atoms with van der Waals surface area (Å²) in [6.07, 6.45) is 5.08. The molecule has 0 aromatic carbocycles. The first-order valence-corrected chi connectivity index (χ1v) is 6.88. The van der Waals surface area contributed by atoms with Crippen LogP contribution in [0, 0.1) is 0 Å². The Hall–Kier alpha value is 0.200. The molecule has 1 saturated heterocycles. The van der Waals surface area contributed by atoms with Gasteiger partial charge in [0.2, 0.25) is 0 Å². The van der Waals surface area contributed by atoms with Crippen LogP contribution in [0.25, 0.3) is 0 Å². The average molecular weight is 208 g/mol. The molecular weight excluding hydrogens is 187 g/mol. The van der Waals surface area contributed by atoms with Crippen molar-refractivity contribution >= 4 is 11.1 Å². The fourth-order valence-corrected chi connectivity index (χ4v) is 2.89. The van der Waals surface area contributed by atoms with E-state index in [1.54, 1.807) is 0 Å². The third kappa shape index (κ3) is 3.11. The van der Waals surface area contributed by atoms with Crippen LogP contribution >= 0.6 is 11.1 Å². The van der Waals surface area contributed by atoms with Crippen LogP contribution in [0.1, 0.15) is 6.42 Å². The largest absolute Gasteiger partial charge is 0.306 e. The van der Waals surface area contributed by atoms with Crippen LogP contribution in [0.2, 0.25) is 0 Å². The number of halogens is 1. The van der Waals surface area contributed by atoms with Crippen LogP contribution in [0.4, 0.5) is 4.39 Å². The number of nitrogens with zero attached hydrogens (tertiary/aromatic N) is 2. The Morgan fingerprint density at radius 1 is 1.46 bits per heavy atom. The van der Waals surface area contributed by atoms with Gasteiger partial charge in [-0.2, -0.15) is 0 Å². The van der Waals surface area contributed by atoms with Crippen LogP contribution in [-0.2, 0) is 0 Å². The van der Waals surface area contributed by atoms with Crippen molar-refractivity contribution in [3.8, 4) is 0 Å². The number of hydrogen-bond acceptors (Lipinski definition) is 2. The zero-order chi connectivity index (χ0) is 10.1. The van der Waals surface area contributed by atoms with E-state index in [-0.39, 0.29) is 11.1 Å². The SMILES string of the molecule is CN(C)CC1(F)CCN([SH](C)C)C1. The van der Waals surface area contributed by atoms with Crippen molar-refractivity contribution in [3.05, 3.63) is 0 Å². The molecule has 2 nitrogen and oxygen atoms in total. The van der Waals surface area contributed by atoms with E-state index in [0.29, 0.717) is 19.5 Å². The van der Waals surface area contributed by atoms with Gasteiger partial charge in [-0.25, -0.2) is 15.5 Å². The maximum absolute atomic E-state index is 14.1. The molecule has 0 aromatic heterocycles. The van der Waals surface area contributed by atoms with Gasteiger partial charge in [-0.05, 0) is 33.0 Å². The van der Waals surface area contributed by atoms with Gasteiger partial charge in [-0.15, -0.1) is 0 Å². The van der Waals surface area contributed by atoms with E-state index in [2.05, 4.69) is 16.8 Å². The molecule has 1 heterocycles. The molecule has 0 aliphatic carbocycles. The molecule has 0 bridgehead atoms. The van der Waals surface area contributed by atoms with E-state index in [9.17, 15) is 4.39 Å². The molecule has 0 spiro atoms. The standard InChI is InChI=1S/C9H21FN2S/c1-11(2)7-9(10)5-6-12(8-9)13(3)4/h13H,5-8H2,1-4H3. The van der Waals surface area contributed by atoms with Crippen molar-refractivity contribution in [3.63, 3.8) is 0 Å². The first kappa shape index (κ1) is 11.3. The smallest absolute Gasteiger partial charge is 0.138 e. The molecule has 0 radical (unpaired) electrons. The third-order valence-corrected chi connectivity index (χ3v) is 3.92. The van der Waals surface area contributed by atoms with Gasteiger partial charge in [-0.1, -0.05) is 0 Å². The topological polar surface area (TPSA) is 6.48 Å². The van der Waals surface area contributed by atoms with Gasteiger partial charge in [0.05, 0.1) is 0 Å². The lowest BCUT2D eigenvalue weighted by molar-refractivity contribution is 0.133. The maximum Gasteiger partial charge on any atom is 0.138 e. The summed E-state index contributed by atoms with van der Waals surface area (Å²) in [4.78, 5) is 1.94. The third-order valence-electron chi connectivity index (χ3n) is 2.45. The summed E-state index contributed by atoms with van der Waals surface area (Å²) in [6, 6.07) is 0. The van der Waals surface area contributed by atoms with E-state index >= 15 is 0 Å². The van der Waals surface area contributed by atoms with Crippen LogP contribution in [0.5, 0.6) is 0 Å². The van der Waals surface area contributed by atoms with Crippen molar-refractivity contribution in [1.82, 2.24) is 9.21 Å². The Kier molecular flexibility index (Phi) is 3.60. The molecule has 1 atom stereocenters. The number of hydrogen-bond donors (Lipinski definition) is 1. The van der Waals surface area contributed by atoms with Gasteiger partial charge >= 0.3 is 0 Å². The van der Waals surface area contributed by atoms with E-state index in [1.165, 1.54) is 0 Å². The van der Waals surface area contributed by atoms with Crippen molar-refractivity contribution in [1.29, 1.82) is 0 Å².